The average molecular weight is 473 g/mol. The predicted molar refractivity (Wildman–Crippen MR) is 130 cm³/mol. The van der Waals surface area contributed by atoms with E-state index in [4.69, 9.17) is 16.3 Å². The van der Waals surface area contributed by atoms with Crippen molar-refractivity contribution in [3.8, 4) is 5.75 Å². The molecule has 0 saturated heterocycles. The number of hydrogen-bond donors (Lipinski definition) is 2. The van der Waals surface area contributed by atoms with Crippen molar-refractivity contribution in [1.29, 1.82) is 0 Å². The monoisotopic (exact) mass is 472 g/mol. The highest BCUT2D eigenvalue weighted by Gasteiger charge is 2.13. The summed E-state index contributed by atoms with van der Waals surface area (Å²) >= 11 is 6.31. The molecular formula is C26H21ClN4O3. The molecule has 170 valence electrons. The first-order valence-corrected chi connectivity index (χ1v) is 10.9. The zero-order valence-corrected chi connectivity index (χ0v) is 18.8. The van der Waals surface area contributed by atoms with Crippen molar-refractivity contribution < 1.29 is 14.3 Å². The van der Waals surface area contributed by atoms with Gasteiger partial charge in [-0.15, -0.1) is 0 Å². The molecule has 2 aromatic heterocycles. The summed E-state index contributed by atoms with van der Waals surface area (Å²) in [6, 6.07) is 20.8. The van der Waals surface area contributed by atoms with Crippen molar-refractivity contribution in [2.45, 2.75) is 13.2 Å². The zero-order chi connectivity index (χ0) is 23.8. The summed E-state index contributed by atoms with van der Waals surface area (Å²) in [6.07, 6.45) is 5.08. The van der Waals surface area contributed by atoms with Crippen LogP contribution in [0.15, 0.2) is 91.4 Å². The topological polar surface area (TPSA) is 93.2 Å². The second-order valence-corrected chi connectivity index (χ2v) is 7.74. The molecule has 34 heavy (non-hydrogen) atoms. The minimum Gasteiger partial charge on any atom is -0.489 e. The fraction of sp³-hybridized carbons (Fsp3) is 0.0769. The van der Waals surface area contributed by atoms with E-state index in [0.29, 0.717) is 29.2 Å². The van der Waals surface area contributed by atoms with Gasteiger partial charge in [0.15, 0.2) is 0 Å². The summed E-state index contributed by atoms with van der Waals surface area (Å²) in [4.78, 5) is 33.4. The Hall–Kier alpha value is -4.23. The molecule has 0 saturated carbocycles. The van der Waals surface area contributed by atoms with Crippen LogP contribution in [-0.2, 0) is 13.2 Å². The van der Waals surface area contributed by atoms with Crippen molar-refractivity contribution in [3.63, 3.8) is 0 Å². The first-order valence-electron chi connectivity index (χ1n) is 10.5. The van der Waals surface area contributed by atoms with Crippen molar-refractivity contribution in [1.82, 2.24) is 15.3 Å². The highest BCUT2D eigenvalue weighted by molar-refractivity contribution is 6.34. The largest absolute Gasteiger partial charge is 0.489 e. The van der Waals surface area contributed by atoms with Crippen molar-refractivity contribution in [3.05, 3.63) is 119 Å². The summed E-state index contributed by atoms with van der Waals surface area (Å²) in [5, 5.41) is 5.80. The summed E-state index contributed by atoms with van der Waals surface area (Å²) in [5.41, 5.74) is 2.87. The molecule has 0 spiro atoms. The highest BCUT2D eigenvalue weighted by Crippen LogP contribution is 2.22. The third kappa shape index (κ3) is 6.17. The third-order valence-electron chi connectivity index (χ3n) is 4.85. The SMILES string of the molecule is O=C(Nc1ccc(C(=O)NCc2ccccn2)c(Cl)c1)c1cccc(OCc2cccnc2)c1. The number of hydrogen-bond acceptors (Lipinski definition) is 5. The van der Waals surface area contributed by atoms with Gasteiger partial charge in [-0.2, -0.15) is 0 Å². The molecule has 2 aromatic carbocycles. The molecule has 0 aliphatic carbocycles. The van der Waals surface area contributed by atoms with E-state index in [2.05, 4.69) is 20.6 Å². The lowest BCUT2D eigenvalue weighted by Crippen LogP contribution is -2.23. The Kier molecular flexibility index (Phi) is 7.47. The average Bonchev–Trinajstić information content (AvgIpc) is 2.87. The van der Waals surface area contributed by atoms with Crippen LogP contribution in [0, 0.1) is 0 Å². The van der Waals surface area contributed by atoms with Crippen LogP contribution >= 0.6 is 11.6 Å². The minimum absolute atomic E-state index is 0.227. The van der Waals surface area contributed by atoms with Crippen LogP contribution in [-0.4, -0.2) is 21.8 Å². The number of benzene rings is 2. The Labute approximate surface area is 201 Å². The number of ether oxygens (including phenoxy) is 1. The molecule has 0 fully saturated rings. The van der Waals surface area contributed by atoms with Crippen LogP contribution in [0.5, 0.6) is 5.75 Å². The number of nitrogens with one attached hydrogen (secondary N) is 2. The number of pyridine rings is 2. The number of rotatable bonds is 8. The molecule has 2 amide bonds. The third-order valence-corrected chi connectivity index (χ3v) is 5.17. The Balaban J connectivity index is 1.36. The molecule has 0 aliphatic heterocycles. The smallest absolute Gasteiger partial charge is 0.255 e. The molecular weight excluding hydrogens is 452 g/mol. The van der Waals surface area contributed by atoms with Crippen LogP contribution in [0.1, 0.15) is 32.0 Å². The molecule has 0 radical (unpaired) electrons. The van der Waals surface area contributed by atoms with Gasteiger partial charge in [0.1, 0.15) is 12.4 Å². The van der Waals surface area contributed by atoms with E-state index in [1.54, 1.807) is 61.1 Å². The van der Waals surface area contributed by atoms with Gasteiger partial charge in [0.25, 0.3) is 11.8 Å². The van der Waals surface area contributed by atoms with Gasteiger partial charge < -0.3 is 15.4 Å². The van der Waals surface area contributed by atoms with Gasteiger partial charge >= 0.3 is 0 Å². The van der Waals surface area contributed by atoms with E-state index in [1.165, 1.54) is 6.07 Å². The van der Waals surface area contributed by atoms with Crippen LogP contribution in [0.4, 0.5) is 5.69 Å². The highest BCUT2D eigenvalue weighted by atomic mass is 35.5. The van der Waals surface area contributed by atoms with Crippen LogP contribution in [0.25, 0.3) is 0 Å². The first-order chi connectivity index (χ1) is 16.6. The number of nitrogens with zero attached hydrogens (tertiary/aromatic N) is 2. The Morgan fingerprint density at radius 2 is 1.82 bits per heavy atom. The van der Waals surface area contributed by atoms with Gasteiger partial charge in [-0.3, -0.25) is 19.6 Å². The maximum Gasteiger partial charge on any atom is 0.255 e. The van der Waals surface area contributed by atoms with Crippen LogP contribution in [0.3, 0.4) is 0 Å². The van der Waals surface area contributed by atoms with Crippen molar-refractivity contribution in [2.75, 3.05) is 5.32 Å². The molecule has 0 unspecified atom stereocenters. The minimum atomic E-state index is -0.327. The van der Waals surface area contributed by atoms with E-state index < -0.39 is 0 Å². The summed E-state index contributed by atoms with van der Waals surface area (Å²) < 4.78 is 5.76. The summed E-state index contributed by atoms with van der Waals surface area (Å²) in [5.74, 6) is -0.0864. The van der Waals surface area contributed by atoms with Gasteiger partial charge in [-0.25, -0.2) is 0 Å². The molecule has 2 heterocycles. The quantitative estimate of drug-likeness (QED) is 0.381. The number of anilines is 1. The van der Waals surface area contributed by atoms with Crippen LogP contribution in [0.2, 0.25) is 5.02 Å². The molecule has 0 atom stereocenters. The van der Waals surface area contributed by atoms with Crippen molar-refractivity contribution in [2.24, 2.45) is 0 Å². The second kappa shape index (κ2) is 11.1. The fourth-order valence-corrected chi connectivity index (χ4v) is 3.39. The Bertz CT molecular complexity index is 1280. The van der Waals surface area contributed by atoms with Crippen molar-refractivity contribution >= 4 is 29.1 Å². The number of halogens is 1. The number of carbonyl (C=O) groups excluding carboxylic acids is 2. The standard InChI is InChI=1S/C26H21ClN4O3/c27-24-14-20(9-10-23(24)26(33)30-16-21-7-1-2-12-29-21)31-25(32)19-6-3-8-22(13-19)34-17-18-5-4-11-28-15-18/h1-15H,16-17H2,(H,30,33)(H,31,32). The Morgan fingerprint density at radius 3 is 2.59 bits per heavy atom. The first kappa shape index (κ1) is 22.9. The molecule has 4 aromatic rings. The maximum atomic E-state index is 12.7. The summed E-state index contributed by atoms with van der Waals surface area (Å²) in [7, 11) is 0. The second-order valence-electron chi connectivity index (χ2n) is 7.33. The van der Waals surface area contributed by atoms with E-state index in [0.717, 1.165) is 11.3 Å². The molecule has 0 aliphatic rings. The lowest BCUT2D eigenvalue weighted by Gasteiger charge is -2.11. The fourth-order valence-electron chi connectivity index (χ4n) is 3.13. The zero-order valence-electron chi connectivity index (χ0n) is 18.1. The van der Waals surface area contributed by atoms with Crippen LogP contribution < -0.4 is 15.4 Å². The Morgan fingerprint density at radius 1 is 0.912 bits per heavy atom. The number of aromatic nitrogens is 2. The maximum absolute atomic E-state index is 12.7. The van der Waals surface area contributed by atoms with Gasteiger partial charge in [-0.1, -0.05) is 29.8 Å². The summed E-state index contributed by atoms with van der Waals surface area (Å²) in [6.45, 7) is 0.631. The molecule has 0 bridgehead atoms. The molecule has 8 heteroatoms. The van der Waals surface area contributed by atoms with Gasteiger partial charge in [0.05, 0.1) is 22.8 Å². The van der Waals surface area contributed by atoms with Gasteiger partial charge in [0.2, 0.25) is 0 Å². The van der Waals surface area contributed by atoms with E-state index in [-0.39, 0.29) is 23.4 Å². The van der Waals surface area contributed by atoms with E-state index >= 15 is 0 Å². The lowest BCUT2D eigenvalue weighted by molar-refractivity contribution is 0.0950. The molecule has 2 N–H and O–H groups in total. The van der Waals surface area contributed by atoms with Gasteiger partial charge in [-0.05, 0) is 54.6 Å². The predicted octanol–water partition coefficient (Wildman–Crippen LogP) is 4.89. The number of amides is 2. The van der Waals surface area contributed by atoms with E-state index in [1.807, 2.05) is 24.3 Å². The normalized spacial score (nSPS) is 10.4. The molecule has 4 rings (SSSR count). The molecule has 7 nitrogen and oxygen atoms in total. The van der Waals surface area contributed by atoms with Gasteiger partial charge in [0, 0.05) is 35.4 Å². The lowest BCUT2D eigenvalue weighted by atomic mass is 10.1. The van der Waals surface area contributed by atoms with E-state index in [9.17, 15) is 9.59 Å². The number of carbonyl (C=O) groups is 2.